The average molecular weight is 102 g/mol. The van der Waals surface area contributed by atoms with Crippen LogP contribution in [-0.4, -0.2) is 5.16 Å². The monoisotopic (exact) mass is 102 g/mol. The molecule has 0 heterocycles. The molecule has 34 valence electrons. The Bertz CT molecular complexity index is 74.5. The van der Waals surface area contributed by atoms with Gasteiger partial charge < -0.3 is 0 Å². The van der Waals surface area contributed by atoms with Gasteiger partial charge in [-0.1, -0.05) is 0 Å². The molecule has 1 nitrogen and oxygen atoms in total. The van der Waals surface area contributed by atoms with E-state index in [9.17, 15) is 0 Å². The van der Waals surface area contributed by atoms with E-state index in [0.29, 0.717) is 8.22 Å². The molecule has 0 aliphatic rings. The standard InChI is InChI=1S/C4H9NP/c1-4(2,3)6-5/h1-3H3/q+1. The Morgan fingerprint density at radius 3 is 1.50 bits per heavy atom. The van der Waals surface area contributed by atoms with Crippen molar-refractivity contribution in [2.75, 3.05) is 0 Å². The fourth-order valence-corrected chi connectivity index (χ4v) is 0. The number of rotatable bonds is 0. The van der Waals surface area contributed by atoms with Gasteiger partial charge in [0.15, 0.2) is 0 Å². The van der Waals surface area contributed by atoms with Gasteiger partial charge in [-0.3, -0.25) is 0 Å². The zero-order valence-electron chi connectivity index (χ0n) is 4.39. The Morgan fingerprint density at radius 1 is 1.33 bits per heavy atom. The Balaban J connectivity index is 3.55. The Morgan fingerprint density at radius 2 is 1.50 bits per heavy atom. The van der Waals surface area contributed by atoms with Gasteiger partial charge >= 0.3 is 39.1 Å². The molecule has 6 heavy (non-hydrogen) atoms. The molecule has 2 heteroatoms. The normalized spacial score (nSPS) is 11.0. The van der Waals surface area contributed by atoms with Gasteiger partial charge in [0.1, 0.15) is 0 Å². The minimum absolute atomic E-state index is 0.0694. The molecule has 0 bridgehead atoms. The molecule has 0 radical (unpaired) electrons. The van der Waals surface area contributed by atoms with E-state index in [1.165, 1.54) is 0 Å². The van der Waals surface area contributed by atoms with Gasteiger partial charge in [-0.25, -0.2) is 0 Å². The molecule has 0 atom stereocenters. The number of hydrogen-bond donors (Lipinski definition) is 0. The van der Waals surface area contributed by atoms with Crippen molar-refractivity contribution in [2.24, 2.45) is 0 Å². The van der Waals surface area contributed by atoms with Crippen LogP contribution in [0.4, 0.5) is 0 Å². The summed E-state index contributed by atoms with van der Waals surface area (Å²) in [5.41, 5.74) is 0. The van der Waals surface area contributed by atoms with Crippen LogP contribution < -0.4 is 0 Å². The van der Waals surface area contributed by atoms with Crippen molar-refractivity contribution in [3.05, 3.63) is 0 Å². The molecule has 0 aromatic carbocycles. The maximum absolute atomic E-state index is 8.38. The van der Waals surface area contributed by atoms with Crippen LogP contribution in [0.3, 0.4) is 0 Å². The van der Waals surface area contributed by atoms with Crippen LogP contribution in [0.2, 0.25) is 0 Å². The number of nitrogens with zero attached hydrogens (tertiary/aromatic N) is 1. The van der Waals surface area contributed by atoms with E-state index in [4.69, 9.17) is 5.00 Å². The Hall–Kier alpha value is 0.140. The molecule has 0 saturated carbocycles. The topological polar surface area (TPSA) is 23.8 Å². The molecule has 0 spiro atoms. The van der Waals surface area contributed by atoms with E-state index in [-0.39, 0.29) is 5.16 Å². The van der Waals surface area contributed by atoms with Gasteiger partial charge in [0, 0.05) is 0 Å². The van der Waals surface area contributed by atoms with Crippen molar-refractivity contribution in [2.45, 2.75) is 25.9 Å². The second kappa shape index (κ2) is 1.73. The van der Waals surface area contributed by atoms with Crippen molar-refractivity contribution in [3.63, 3.8) is 0 Å². The van der Waals surface area contributed by atoms with Crippen molar-refractivity contribution < 1.29 is 0 Å². The molecule has 0 aliphatic heterocycles. The molecule has 0 aromatic heterocycles. The van der Waals surface area contributed by atoms with Crippen LogP contribution in [0.15, 0.2) is 0 Å². The zero-order valence-corrected chi connectivity index (χ0v) is 5.29. The molecule has 0 rings (SSSR count). The fraction of sp³-hybridized carbons (Fsp3) is 1.00. The summed E-state index contributed by atoms with van der Waals surface area (Å²) in [5, 5.41) is 8.44. The first-order valence-electron chi connectivity index (χ1n) is 1.92. The SMILES string of the molecule is CC(C)(C)[P+]#N. The second-order valence-corrected chi connectivity index (χ2v) is 3.81. The molecule has 0 saturated heterocycles. The second-order valence-electron chi connectivity index (χ2n) is 2.27. The summed E-state index contributed by atoms with van der Waals surface area (Å²) in [6.45, 7) is 5.94. The van der Waals surface area contributed by atoms with Gasteiger partial charge in [0.2, 0.25) is 0 Å². The van der Waals surface area contributed by atoms with Crippen LogP contribution in [0, 0.1) is 5.00 Å². The first-order valence-corrected chi connectivity index (χ1v) is 2.77. The van der Waals surface area contributed by atoms with Crippen molar-refractivity contribution in [3.8, 4) is 0 Å². The molecular formula is C4H9NP+. The number of hydrogen-bond acceptors (Lipinski definition) is 1. The van der Waals surface area contributed by atoms with Gasteiger partial charge in [-0.2, -0.15) is 0 Å². The van der Waals surface area contributed by atoms with Crippen LogP contribution >= 0.6 is 8.22 Å². The summed E-state index contributed by atoms with van der Waals surface area (Å²) in [7, 11) is 0.475. The van der Waals surface area contributed by atoms with E-state index in [1.807, 2.05) is 20.8 Å². The summed E-state index contributed by atoms with van der Waals surface area (Å²) in [4.78, 5) is 0. The van der Waals surface area contributed by atoms with Crippen LogP contribution in [0.25, 0.3) is 0 Å². The third kappa shape index (κ3) is 4.14. The van der Waals surface area contributed by atoms with Crippen LogP contribution in [0.5, 0.6) is 0 Å². The van der Waals surface area contributed by atoms with Gasteiger partial charge in [0.25, 0.3) is 0 Å². The molecule has 0 aromatic rings. The van der Waals surface area contributed by atoms with E-state index < -0.39 is 0 Å². The molecule has 0 fully saturated rings. The van der Waals surface area contributed by atoms with E-state index >= 15 is 0 Å². The first kappa shape index (κ1) is 6.14. The van der Waals surface area contributed by atoms with E-state index in [1.54, 1.807) is 0 Å². The zero-order chi connectivity index (χ0) is 5.21. The summed E-state index contributed by atoms with van der Waals surface area (Å²) >= 11 is 0. The van der Waals surface area contributed by atoms with E-state index in [2.05, 4.69) is 0 Å². The minimum atomic E-state index is 0.0694. The van der Waals surface area contributed by atoms with Crippen molar-refractivity contribution >= 4 is 8.22 Å². The maximum atomic E-state index is 8.38. The molecule has 0 amide bonds. The average Bonchev–Trinajstić information content (AvgIpc) is 1.35. The molecular weight excluding hydrogens is 93.0 g/mol. The van der Waals surface area contributed by atoms with Gasteiger partial charge in [-0.05, 0) is 0 Å². The van der Waals surface area contributed by atoms with Gasteiger partial charge in [-0.15, -0.1) is 0 Å². The van der Waals surface area contributed by atoms with Crippen molar-refractivity contribution in [1.29, 1.82) is 5.00 Å². The molecule has 0 aliphatic carbocycles. The van der Waals surface area contributed by atoms with Crippen LogP contribution in [-0.2, 0) is 0 Å². The van der Waals surface area contributed by atoms with E-state index in [0.717, 1.165) is 0 Å². The van der Waals surface area contributed by atoms with Gasteiger partial charge in [0.05, 0.1) is 0 Å². The predicted octanol–water partition coefficient (Wildman–Crippen LogP) is 2.21. The predicted molar refractivity (Wildman–Crippen MR) is 28.4 cm³/mol. The summed E-state index contributed by atoms with van der Waals surface area (Å²) in [6.07, 6.45) is 0. The summed E-state index contributed by atoms with van der Waals surface area (Å²) < 4.78 is 0. The quantitative estimate of drug-likeness (QED) is 0.430. The molecule has 0 N–H and O–H groups in total. The summed E-state index contributed by atoms with van der Waals surface area (Å²) in [5.74, 6) is 0. The summed E-state index contributed by atoms with van der Waals surface area (Å²) in [6, 6.07) is 0. The fourth-order valence-electron chi connectivity index (χ4n) is 0. The Kier molecular flexibility index (Phi) is 1.77. The third-order valence-corrected chi connectivity index (χ3v) is 0.900. The third-order valence-electron chi connectivity index (χ3n) is 0.300. The van der Waals surface area contributed by atoms with Crippen LogP contribution in [0.1, 0.15) is 20.8 Å². The Labute approximate surface area is 40.1 Å². The molecule has 0 unspecified atom stereocenters. The first-order chi connectivity index (χ1) is 2.56. The van der Waals surface area contributed by atoms with Crippen molar-refractivity contribution in [1.82, 2.24) is 0 Å².